The molecule has 0 spiro atoms. The van der Waals surface area contributed by atoms with E-state index < -0.39 is 0 Å². The summed E-state index contributed by atoms with van der Waals surface area (Å²) in [7, 11) is 0. The molecule has 1 amide bonds. The molecule has 0 aromatic carbocycles. The van der Waals surface area contributed by atoms with Crippen LogP contribution in [0, 0.1) is 5.92 Å². The van der Waals surface area contributed by atoms with Gasteiger partial charge in [0.2, 0.25) is 0 Å². The van der Waals surface area contributed by atoms with E-state index in [9.17, 15) is 4.79 Å². The Morgan fingerprint density at radius 2 is 2.53 bits per heavy atom. The Kier molecular flexibility index (Phi) is 1.98. The van der Waals surface area contributed by atoms with E-state index in [2.05, 4.69) is 10.5 Å². The Morgan fingerprint density at radius 1 is 1.60 bits per heavy atom. The van der Waals surface area contributed by atoms with Crippen molar-refractivity contribution in [2.24, 2.45) is 5.92 Å². The second-order valence-corrected chi connectivity index (χ2v) is 4.16. The van der Waals surface area contributed by atoms with Gasteiger partial charge < -0.3 is 14.7 Å². The molecule has 2 atom stereocenters. The van der Waals surface area contributed by atoms with Crippen LogP contribution in [-0.2, 0) is 0 Å². The Labute approximate surface area is 87.4 Å². The van der Waals surface area contributed by atoms with E-state index in [0.29, 0.717) is 17.7 Å². The van der Waals surface area contributed by atoms with E-state index in [1.165, 1.54) is 6.26 Å². The number of hydrogen-bond donors (Lipinski definition) is 1. The van der Waals surface area contributed by atoms with Crippen LogP contribution in [0.3, 0.4) is 0 Å². The standard InChI is InChI=1S/C10H13N3O2/c14-10(8-2-4-15-12-8)13-3-1-7-5-11-6-9(7)13/h2,4,7,9,11H,1,3,5-6H2/t7-,9+/m0/s1. The zero-order valence-corrected chi connectivity index (χ0v) is 8.35. The van der Waals surface area contributed by atoms with E-state index >= 15 is 0 Å². The van der Waals surface area contributed by atoms with E-state index in [1.807, 2.05) is 4.90 Å². The largest absolute Gasteiger partial charge is 0.364 e. The lowest BCUT2D eigenvalue weighted by atomic mass is 10.1. The molecule has 0 unspecified atom stereocenters. The molecule has 1 N–H and O–H groups in total. The molecule has 3 rings (SSSR count). The van der Waals surface area contributed by atoms with Gasteiger partial charge in [-0.15, -0.1) is 0 Å². The van der Waals surface area contributed by atoms with Crippen LogP contribution >= 0.6 is 0 Å². The van der Waals surface area contributed by atoms with Crippen LogP contribution in [0.5, 0.6) is 0 Å². The molecule has 3 heterocycles. The molecule has 5 heteroatoms. The van der Waals surface area contributed by atoms with Crippen molar-refractivity contribution in [2.75, 3.05) is 19.6 Å². The van der Waals surface area contributed by atoms with E-state index in [4.69, 9.17) is 4.52 Å². The Morgan fingerprint density at radius 3 is 3.33 bits per heavy atom. The maximum atomic E-state index is 12.0. The first-order chi connectivity index (χ1) is 7.36. The fourth-order valence-corrected chi connectivity index (χ4v) is 2.57. The van der Waals surface area contributed by atoms with Gasteiger partial charge in [-0.1, -0.05) is 5.16 Å². The molecule has 1 aromatic rings. The molecule has 0 saturated carbocycles. The van der Waals surface area contributed by atoms with Crippen LogP contribution in [0.25, 0.3) is 0 Å². The van der Waals surface area contributed by atoms with E-state index in [1.54, 1.807) is 6.07 Å². The Balaban J connectivity index is 1.80. The van der Waals surface area contributed by atoms with Crippen molar-refractivity contribution in [3.63, 3.8) is 0 Å². The van der Waals surface area contributed by atoms with Crippen LogP contribution in [-0.4, -0.2) is 41.6 Å². The minimum Gasteiger partial charge on any atom is -0.364 e. The van der Waals surface area contributed by atoms with Gasteiger partial charge in [0.1, 0.15) is 6.26 Å². The van der Waals surface area contributed by atoms with Crippen LogP contribution in [0.15, 0.2) is 16.9 Å². The van der Waals surface area contributed by atoms with Gasteiger partial charge in [-0.05, 0) is 12.3 Å². The summed E-state index contributed by atoms with van der Waals surface area (Å²) in [6.07, 6.45) is 2.54. The number of amides is 1. The molecule has 0 aliphatic carbocycles. The van der Waals surface area contributed by atoms with Crippen LogP contribution in [0.4, 0.5) is 0 Å². The number of rotatable bonds is 1. The summed E-state index contributed by atoms with van der Waals surface area (Å²) in [5.41, 5.74) is 0.419. The maximum absolute atomic E-state index is 12.0. The van der Waals surface area contributed by atoms with Crippen LogP contribution < -0.4 is 5.32 Å². The summed E-state index contributed by atoms with van der Waals surface area (Å²) in [6, 6.07) is 1.98. The topological polar surface area (TPSA) is 58.4 Å². The lowest BCUT2D eigenvalue weighted by molar-refractivity contribution is 0.0726. The highest BCUT2D eigenvalue weighted by atomic mass is 16.5. The fraction of sp³-hybridized carbons (Fsp3) is 0.600. The van der Waals surface area contributed by atoms with Gasteiger partial charge >= 0.3 is 0 Å². The van der Waals surface area contributed by atoms with Crippen molar-refractivity contribution in [3.8, 4) is 0 Å². The van der Waals surface area contributed by atoms with Crippen molar-refractivity contribution in [1.82, 2.24) is 15.4 Å². The summed E-state index contributed by atoms with van der Waals surface area (Å²) in [4.78, 5) is 13.9. The number of nitrogens with one attached hydrogen (secondary N) is 1. The Bertz CT molecular complexity index is 363. The van der Waals surface area contributed by atoms with Gasteiger partial charge in [-0.25, -0.2) is 0 Å². The molecule has 5 nitrogen and oxygen atoms in total. The summed E-state index contributed by atoms with van der Waals surface area (Å²) < 4.78 is 4.69. The molecule has 2 saturated heterocycles. The van der Waals surface area contributed by atoms with Gasteiger partial charge in [0, 0.05) is 31.7 Å². The van der Waals surface area contributed by atoms with Crippen molar-refractivity contribution in [1.29, 1.82) is 0 Å². The molecular formula is C10H13N3O2. The zero-order chi connectivity index (χ0) is 10.3. The second kappa shape index (κ2) is 3.34. The predicted molar refractivity (Wildman–Crippen MR) is 52.3 cm³/mol. The normalized spacial score (nSPS) is 29.5. The average molecular weight is 207 g/mol. The second-order valence-electron chi connectivity index (χ2n) is 4.16. The van der Waals surface area contributed by atoms with E-state index in [0.717, 1.165) is 26.1 Å². The molecule has 1 aromatic heterocycles. The maximum Gasteiger partial charge on any atom is 0.276 e. The zero-order valence-electron chi connectivity index (χ0n) is 8.35. The highest BCUT2D eigenvalue weighted by Crippen LogP contribution is 2.28. The van der Waals surface area contributed by atoms with Gasteiger partial charge in [0.15, 0.2) is 5.69 Å². The molecule has 15 heavy (non-hydrogen) atoms. The van der Waals surface area contributed by atoms with Crippen molar-refractivity contribution in [3.05, 3.63) is 18.0 Å². The average Bonchev–Trinajstić information content (AvgIpc) is 2.94. The third-order valence-corrected chi connectivity index (χ3v) is 3.36. The van der Waals surface area contributed by atoms with Gasteiger partial charge in [-0.3, -0.25) is 4.79 Å². The number of aromatic nitrogens is 1. The third kappa shape index (κ3) is 1.34. The molecule has 2 fully saturated rings. The van der Waals surface area contributed by atoms with Gasteiger partial charge in [-0.2, -0.15) is 0 Å². The van der Waals surface area contributed by atoms with Crippen molar-refractivity contribution in [2.45, 2.75) is 12.5 Å². The summed E-state index contributed by atoms with van der Waals surface area (Å²) in [6.45, 7) is 2.80. The lowest BCUT2D eigenvalue weighted by Crippen LogP contribution is -2.39. The molecule has 2 aliphatic heterocycles. The van der Waals surface area contributed by atoms with E-state index in [-0.39, 0.29) is 5.91 Å². The SMILES string of the molecule is O=C(c1ccon1)N1CC[C@H]2CNC[C@H]21. The predicted octanol–water partition coefficient (Wildman–Crippen LogP) is 0.108. The van der Waals surface area contributed by atoms with Crippen LogP contribution in [0.2, 0.25) is 0 Å². The molecular weight excluding hydrogens is 194 g/mol. The van der Waals surface area contributed by atoms with Crippen LogP contribution in [0.1, 0.15) is 16.9 Å². The first-order valence-electron chi connectivity index (χ1n) is 5.28. The highest BCUT2D eigenvalue weighted by molar-refractivity contribution is 5.92. The first kappa shape index (κ1) is 8.91. The quantitative estimate of drug-likeness (QED) is 0.710. The number of nitrogens with zero attached hydrogens (tertiary/aromatic N) is 2. The first-order valence-corrected chi connectivity index (χ1v) is 5.28. The molecule has 2 aliphatic rings. The summed E-state index contributed by atoms with van der Waals surface area (Å²) >= 11 is 0. The number of hydrogen-bond acceptors (Lipinski definition) is 4. The highest BCUT2D eigenvalue weighted by Gasteiger charge is 2.40. The minimum atomic E-state index is -0.0000463. The van der Waals surface area contributed by atoms with Gasteiger partial charge in [0.25, 0.3) is 5.91 Å². The minimum absolute atomic E-state index is 0.0000463. The number of carbonyl (C=O) groups is 1. The lowest BCUT2D eigenvalue weighted by Gasteiger charge is -2.21. The smallest absolute Gasteiger partial charge is 0.276 e. The number of likely N-dealkylation sites (tertiary alicyclic amines) is 1. The summed E-state index contributed by atoms with van der Waals surface area (Å²) in [5, 5.41) is 7.00. The van der Waals surface area contributed by atoms with Crippen molar-refractivity contribution >= 4 is 5.91 Å². The third-order valence-electron chi connectivity index (χ3n) is 3.36. The summed E-state index contributed by atoms with van der Waals surface area (Å²) in [5.74, 6) is 0.626. The van der Waals surface area contributed by atoms with Crippen molar-refractivity contribution < 1.29 is 9.32 Å². The molecule has 0 radical (unpaired) electrons. The van der Waals surface area contributed by atoms with Gasteiger partial charge in [0.05, 0.1) is 0 Å². The number of carbonyl (C=O) groups excluding carboxylic acids is 1. The number of fused-ring (bicyclic) bond motifs is 1. The molecule has 0 bridgehead atoms. The fourth-order valence-electron chi connectivity index (χ4n) is 2.57. The molecule has 80 valence electrons. The Hall–Kier alpha value is -1.36. The monoisotopic (exact) mass is 207 g/mol.